The number of methoxy groups -OCH3 is 2. The summed E-state index contributed by atoms with van der Waals surface area (Å²) in [5, 5.41) is 9.86. The number of fused-ring (bicyclic) bond motifs is 1. The van der Waals surface area contributed by atoms with Crippen LogP contribution in [0.5, 0.6) is 11.5 Å². The Labute approximate surface area is 153 Å². The molecule has 1 aliphatic heterocycles. The standard InChI is InChI=1S/C19H17F2NO5/c1-22-17(9-4-5-12(20)13(21)6-9)16(19(24)25)10-7-14(26-2)15(27-3)8-11(10)18(22)23/h4-8,16-17H,1-3H3,(H,24,25)/t16-,17+/m0/s1. The maximum absolute atomic E-state index is 13.7. The first-order valence-electron chi connectivity index (χ1n) is 8.01. The first-order chi connectivity index (χ1) is 12.8. The van der Waals surface area contributed by atoms with Gasteiger partial charge in [-0.05, 0) is 35.4 Å². The van der Waals surface area contributed by atoms with Crippen molar-refractivity contribution in [3.8, 4) is 11.5 Å². The van der Waals surface area contributed by atoms with E-state index in [2.05, 4.69) is 0 Å². The van der Waals surface area contributed by atoms with Gasteiger partial charge in [-0.3, -0.25) is 9.59 Å². The second-order valence-electron chi connectivity index (χ2n) is 6.14. The van der Waals surface area contributed by atoms with Gasteiger partial charge < -0.3 is 19.5 Å². The Morgan fingerprint density at radius 3 is 2.26 bits per heavy atom. The summed E-state index contributed by atoms with van der Waals surface area (Å²) in [6.07, 6.45) is 0. The minimum atomic E-state index is -1.21. The molecule has 142 valence electrons. The largest absolute Gasteiger partial charge is 0.493 e. The second kappa shape index (κ2) is 6.86. The average molecular weight is 377 g/mol. The number of hydrogen-bond donors (Lipinski definition) is 1. The molecule has 1 N–H and O–H groups in total. The lowest BCUT2D eigenvalue weighted by Crippen LogP contribution is -2.42. The molecule has 2 atom stereocenters. The van der Waals surface area contributed by atoms with E-state index < -0.39 is 35.5 Å². The average Bonchev–Trinajstić information content (AvgIpc) is 2.65. The quantitative estimate of drug-likeness (QED) is 0.887. The molecule has 1 heterocycles. The molecule has 0 bridgehead atoms. The third-order valence-electron chi connectivity index (χ3n) is 4.73. The summed E-state index contributed by atoms with van der Waals surface area (Å²) in [5.41, 5.74) is 0.553. The molecule has 0 saturated carbocycles. The number of hydrogen-bond acceptors (Lipinski definition) is 4. The molecule has 0 aromatic heterocycles. The summed E-state index contributed by atoms with van der Waals surface area (Å²) >= 11 is 0. The van der Waals surface area contributed by atoms with Gasteiger partial charge in [0.05, 0.1) is 20.3 Å². The van der Waals surface area contributed by atoms with Crippen molar-refractivity contribution in [3.05, 3.63) is 58.7 Å². The van der Waals surface area contributed by atoms with Crippen molar-refractivity contribution >= 4 is 11.9 Å². The van der Waals surface area contributed by atoms with Gasteiger partial charge >= 0.3 is 5.97 Å². The minimum Gasteiger partial charge on any atom is -0.493 e. The zero-order valence-corrected chi connectivity index (χ0v) is 14.8. The molecule has 1 amide bonds. The van der Waals surface area contributed by atoms with Gasteiger partial charge in [-0.25, -0.2) is 8.78 Å². The Morgan fingerprint density at radius 2 is 1.70 bits per heavy atom. The maximum atomic E-state index is 13.7. The topological polar surface area (TPSA) is 76.1 Å². The maximum Gasteiger partial charge on any atom is 0.313 e. The molecule has 2 aromatic rings. The monoisotopic (exact) mass is 377 g/mol. The van der Waals surface area contributed by atoms with E-state index >= 15 is 0 Å². The van der Waals surface area contributed by atoms with Crippen molar-refractivity contribution in [1.29, 1.82) is 0 Å². The highest BCUT2D eigenvalue weighted by Crippen LogP contribution is 2.45. The Bertz CT molecular complexity index is 931. The van der Waals surface area contributed by atoms with Crippen LogP contribution in [0.25, 0.3) is 0 Å². The summed E-state index contributed by atoms with van der Waals surface area (Å²) in [7, 11) is 4.22. The molecule has 0 spiro atoms. The summed E-state index contributed by atoms with van der Waals surface area (Å²) in [6.45, 7) is 0. The molecule has 8 heteroatoms. The summed E-state index contributed by atoms with van der Waals surface area (Å²) in [4.78, 5) is 26.1. The van der Waals surface area contributed by atoms with Crippen LogP contribution >= 0.6 is 0 Å². The Kier molecular flexibility index (Phi) is 4.73. The van der Waals surface area contributed by atoms with Gasteiger partial charge in [0.1, 0.15) is 5.92 Å². The minimum absolute atomic E-state index is 0.154. The van der Waals surface area contributed by atoms with E-state index in [1.54, 1.807) is 0 Å². The van der Waals surface area contributed by atoms with Crippen LogP contribution in [0.4, 0.5) is 8.78 Å². The Hall–Kier alpha value is -3.16. The number of likely N-dealkylation sites (N-methyl/N-ethyl adjacent to an activating group) is 1. The molecule has 0 saturated heterocycles. The Balaban J connectivity index is 2.24. The molecule has 2 aromatic carbocycles. The van der Waals surface area contributed by atoms with E-state index in [0.717, 1.165) is 12.1 Å². The van der Waals surface area contributed by atoms with Crippen LogP contribution in [-0.4, -0.2) is 43.2 Å². The fourth-order valence-electron chi connectivity index (χ4n) is 3.43. The fourth-order valence-corrected chi connectivity index (χ4v) is 3.43. The van der Waals surface area contributed by atoms with Crippen LogP contribution < -0.4 is 9.47 Å². The molecular weight excluding hydrogens is 360 g/mol. The first-order valence-corrected chi connectivity index (χ1v) is 8.01. The van der Waals surface area contributed by atoms with Gasteiger partial charge in [0.2, 0.25) is 0 Å². The van der Waals surface area contributed by atoms with Crippen LogP contribution in [0.3, 0.4) is 0 Å². The van der Waals surface area contributed by atoms with Gasteiger partial charge in [0.15, 0.2) is 23.1 Å². The smallest absolute Gasteiger partial charge is 0.313 e. The number of carboxylic acids is 1. The molecule has 3 rings (SSSR count). The number of aliphatic carboxylic acids is 1. The van der Waals surface area contributed by atoms with Crippen molar-refractivity contribution in [2.45, 2.75) is 12.0 Å². The normalized spacial score (nSPS) is 18.9. The predicted octanol–water partition coefficient (Wildman–Crippen LogP) is 2.98. The SMILES string of the molecule is COc1cc2c(cc1OC)[C@H](C(=O)O)[C@@H](c1ccc(F)c(F)c1)N(C)C2=O. The van der Waals surface area contributed by atoms with E-state index in [1.807, 2.05) is 0 Å². The van der Waals surface area contributed by atoms with E-state index in [1.165, 1.54) is 44.4 Å². The van der Waals surface area contributed by atoms with Gasteiger partial charge in [-0.15, -0.1) is 0 Å². The fraction of sp³-hybridized carbons (Fsp3) is 0.263. The summed E-state index contributed by atoms with van der Waals surface area (Å²) in [6, 6.07) is 4.93. The lowest BCUT2D eigenvalue weighted by molar-refractivity contribution is -0.140. The molecule has 0 radical (unpaired) electrons. The predicted molar refractivity (Wildman–Crippen MR) is 91.1 cm³/mol. The third-order valence-corrected chi connectivity index (χ3v) is 4.73. The molecule has 27 heavy (non-hydrogen) atoms. The van der Waals surface area contributed by atoms with E-state index in [-0.39, 0.29) is 28.2 Å². The van der Waals surface area contributed by atoms with Crippen molar-refractivity contribution in [1.82, 2.24) is 4.90 Å². The Morgan fingerprint density at radius 1 is 1.07 bits per heavy atom. The molecular formula is C19H17F2NO5. The number of ether oxygens (including phenoxy) is 2. The first kappa shape index (κ1) is 18.6. The van der Waals surface area contributed by atoms with Crippen molar-refractivity contribution in [2.24, 2.45) is 0 Å². The van der Waals surface area contributed by atoms with E-state index in [4.69, 9.17) is 9.47 Å². The highest BCUT2D eigenvalue weighted by molar-refractivity contribution is 6.01. The van der Waals surface area contributed by atoms with Crippen molar-refractivity contribution < 1.29 is 33.0 Å². The molecule has 6 nitrogen and oxygen atoms in total. The highest BCUT2D eigenvalue weighted by atomic mass is 19.2. The van der Waals surface area contributed by atoms with E-state index in [9.17, 15) is 23.5 Å². The number of amides is 1. The van der Waals surface area contributed by atoms with Crippen molar-refractivity contribution in [2.75, 3.05) is 21.3 Å². The summed E-state index contributed by atoms with van der Waals surface area (Å²) < 4.78 is 37.5. The molecule has 0 aliphatic carbocycles. The van der Waals surface area contributed by atoms with Gasteiger partial charge in [-0.2, -0.15) is 0 Å². The molecule has 0 fully saturated rings. The molecule has 0 unspecified atom stereocenters. The highest BCUT2D eigenvalue weighted by Gasteiger charge is 2.43. The zero-order chi connectivity index (χ0) is 19.9. The second-order valence-corrected chi connectivity index (χ2v) is 6.14. The summed E-state index contributed by atoms with van der Waals surface area (Å²) in [5.74, 6) is -4.49. The van der Waals surface area contributed by atoms with Gasteiger partial charge in [0, 0.05) is 12.6 Å². The van der Waals surface area contributed by atoms with Gasteiger partial charge in [0.25, 0.3) is 5.91 Å². The van der Waals surface area contributed by atoms with Gasteiger partial charge in [-0.1, -0.05) is 6.07 Å². The van der Waals surface area contributed by atoms with Crippen LogP contribution in [0.15, 0.2) is 30.3 Å². The number of benzene rings is 2. The zero-order valence-electron chi connectivity index (χ0n) is 14.8. The van der Waals surface area contributed by atoms with Crippen LogP contribution in [0.1, 0.15) is 33.4 Å². The van der Waals surface area contributed by atoms with Crippen LogP contribution in [0, 0.1) is 11.6 Å². The lowest BCUT2D eigenvalue weighted by atomic mass is 9.79. The lowest BCUT2D eigenvalue weighted by Gasteiger charge is -2.38. The number of rotatable bonds is 4. The number of carbonyl (C=O) groups is 2. The van der Waals surface area contributed by atoms with Crippen LogP contribution in [0.2, 0.25) is 0 Å². The number of carboxylic acid groups (broad SMARTS) is 1. The van der Waals surface area contributed by atoms with Crippen LogP contribution in [-0.2, 0) is 4.79 Å². The number of carbonyl (C=O) groups excluding carboxylic acids is 1. The number of halogens is 2. The van der Waals surface area contributed by atoms with Crippen molar-refractivity contribution in [3.63, 3.8) is 0 Å². The van der Waals surface area contributed by atoms with E-state index in [0.29, 0.717) is 0 Å². The third kappa shape index (κ3) is 2.97. The number of nitrogens with zero attached hydrogens (tertiary/aromatic N) is 1. The molecule has 1 aliphatic rings.